The number of esters is 1. The van der Waals surface area contributed by atoms with Gasteiger partial charge in [0.2, 0.25) is 10.0 Å². The zero-order chi connectivity index (χ0) is 24.5. The molecule has 3 aromatic rings. The molecule has 6 nitrogen and oxygen atoms in total. The largest absolute Gasteiger partial charge is 0.497 e. The van der Waals surface area contributed by atoms with Crippen molar-refractivity contribution in [1.29, 1.82) is 0 Å². The Bertz CT molecular complexity index is 1320. The highest BCUT2D eigenvalue weighted by molar-refractivity contribution is 7.89. The van der Waals surface area contributed by atoms with E-state index in [4.69, 9.17) is 9.47 Å². The van der Waals surface area contributed by atoms with Crippen LogP contribution in [-0.2, 0) is 21.0 Å². The summed E-state index contributed by atoms with van der Waals surface area (Å²) in [4.78, 5) is 12.2. The van der Waals surface area contributed by atoms with Crippen LogP contribution in [0.3, 0.4) is 0 Å². The Labute approximate surface area is 194 Å². The van der Waals surface area contributed by atoms with Crippen molar-refractivity contribution in [3.05, 3.63) is 66.2 Å². The van der Waals surface area contributed by atoms with E-state index in [-0.39, 0.29) is 25.9 Å². The van der Waals surface area contributed by atoms with Gasteiger partial charge in [-0.1, -0.05) is 18.2 Å². The predicted octanol–water partition coefficient (Wildman–Crippen LogP) is 4.87. The molecule has 0 aliphatic carbocycles. The number of ether oxygens (including phenoxy) is 2. The van der Waals surface area contributed by atoms with Crippen molar-refractivity contribution in [3.8, 4) is 11.5 Å². The number of methoxy groups -OCH3 is 1. The van der Waals surface area contributed by atoms with Crippen LogP contribution >= 0.6 is 0 Å². The van der Waals surface area contributed by atoms with Gasteiger partial charge in [-0.3, -0.25) is 4.79 Å². The summed E-state index contributed by atoms with van der Waals surface area (Å²) in [5, 5.41) is 1.79. The number of carbonyl (C=O) groups is 1. The number of hydrogen-bond acceptors (Lipinski definition) is 5. The van der Waals surface area contributed by atoms with E-state index in [1.165, 1.54) is 0 Å². The number of rotatable bonds is 5. The molecule has 10 heteroatoms. The number of hydrogen-bond donors (Lipinski definition) is 0. The molecule has 1 aliphatic rings. The maximum absolute atomic E-state index is 13.0. The average molecular weight is 494 g/mol. The molecule has 0 bridgehead atoms. The van der Waals surface area contributed by atoms with Crippen molar-refractivity contribution in [2.45, 2.75) is 23.9 Å². The third-order valence-electron chi connectivity index (χ3n) is 5.82. The van der Waals surface area contributed by atoms with Crippen LogP contribution in [0.25, 0.3) is 10.8 Å². The SMILES string of the molecule is COc1ccc2ccc(OC(=O)C3CCN(S(=O)(=O)c4cccc(C(F)(F)F)c4)CC3)cc2c1. The lowest BCUT2D eigenvalue weighted by Gasteiger charge is -2.30. The average Bonchev–Trinajstić information content (AvgIpc) is 2.83. The van der Waals surface area contributed by atoms with E-state index in [2.05, 4.69) is 0 Å². The number of carbonyl (C=O) groups excluding carboxylic acids is 1. The van der Waals surface area contributed by atoms with Gasteiger partial charge in [-0.25, -0.2) is 8.42 Å². The Morgan fingerprint density at radius 1 is 0.941 bits per heavy atom. The summed E-state index contributed by atoms with van der Waals surface area (Å²) in [5.74, 6) is 0.0439. The number of benzene rings is 3. The quantitative estimate of drug-likeness (QED) is 0.375. The van der Waals surface area contributed by atoms with Gasteiger partial charge in [0.25, 0.3) is 0 Å². The molecule has 1 saturated heterocycles. The molecule has 4 rings (SSSR count). The third-order valence-corrected chi connectivity index (χ3v) is 7.72. The molecule has 0 unspecified atom stereocenters. The fraction of sp³-hybridized carbons (Fsp3) is 0.292. The standard InChI is InChI=1S/C24H22F3NO5S/c1-32-20-7-5-16-6-8-21(14-18(16)13-20)33-23(29)17-9-11-28(12-10-17)34(30,31)22-4-2-3-19(15-22)24(25,26)27/h2-8,13-15,17H,9-12H2,1H3. The van der Waals surface area contributed by atoms with E-state index in [1.54, 1.807) is 19.2 Å². The van der Waals surface area contributed by atoms with Crippen molar-refractivity contribution >= 4 is 26.8 Å². The van der Waals surface area contributed by atoms with Crippen molar-refractivity contribution in [2.75, 3.05) is 20.2 Å². The van der Waals surface area contributed by atoms with Gasteiger partial charge < -0.3 is 9.47 Å². The molecule has 0 radical (unpaired) electrons. The van der Waals surface area contributed by atoms with Gasteiger partial charge in [0.1, 0.15) is 11.5 Å². The molecule has 180 valence electrons. The second-order valence-corrected chi connectivity index (χ2v) is 9.94. The van der Waals surface area contributed by atoms with Gasteiger partial charge in [-0.2, -0.15) is 17.5 Å². The molecule has 34 heavy (non-hydrogen) atoms. The molecule has 0 amide bonds. The van der Waals surface area contributed by atoms with E-state index < -0.39 is 38.5 Å². The van der Waals surface area contributed by atoms with Crippen molar-refractivity contribution < 1.29 is 35.9 Å². The van der Waals surface area contributed by atoms with Crippen LogP contribution in [0.5, 0.6) is 11.5 Å². The molecule has 0 saturated carbocycles. The zero-order valence-corrected chi connectivity index (χ0v) is 19.0. The summed E-state index contributed by atoms with van der Waals surface area (Å²) in [6.07, 6.45) is -4.23. The lowest BCUT2D eigenvalue weighted by molar-refractivity contribution is -0.140. The predicted molar refractivity (Wildman–Crippen MR) is 119 cm³/mol. The molecule has 0 aromatic heterocycles. The second-order valence-electron chi connectivity index (χ2n) is 8.00. The highest BCUT2D eigenvalue weighted by Gasteiger charge is 2.35. The number of alkyl halides is 3. The minimum Gasteiger partial charge on any atom is -0.497 e. The maximum atomic E-state index is 13.0. The maximum Gasteiger partial charge on any atom is 0.416 e. The Morgan fingerprint density at radius 3 is 2.24 bits per heavy atom. The fourth-order valence-electron chi connectivity index (χ4n) is 3.91. The lowest BCUT2D eigenvalue weighted by atomic mass is 9.98. The summed E-state index contributed by atoms with van der Waals surface area (Å²) in [6.45, 7) is 0.0144. The van der Waals surface area contributed by atoms with Crippen LogP contribution in [0, 0.1) is 5.92 Å². The fourth-order valence-corrected chi connectivity index (χ4v) is 5.42. The van der Waals surface area contributed by atoms with Gasteiger partial charge in [0.15, 0.2) is 0 Å². The van der Waals surface area contributed by atoms with Crippen LogP contribution in [-0.4, -0.2) is 38.9 Å². The molecule has 0 N–H and O–H groups in total. The van der Waals surface area contributed by atoms with Crippen molar-refractivity contribution in [1.82, 2.24) is 4.31 Å². The van der Waals surface area contributed by atoms with Crippen LogP contribution < -0.4 is 9.47 Å². The monoisotopic (exact) mass is 493 g/mol. The highest BCUT2D eigenvalue weighted by Crippen LogP contribution is 2.32. The van der Waals surface area contributed by atoms with E-state index in [0.29, 0.717) is 17.6 Å². The second kappa shape index (κ2) is 9.27. The van der Waals surface area contributed by atoms with E-state index in [9.17, 15) is 26.4 Å². The van der Waals surface area contributed by atoms with E-state index in [1.807, 2.05) is 24.3 Å². The Hall–Kier alpha value is -3.11. The van der Waals surface area contributed by atoms with Gasteiger partial charge in [-0.05, 0) is 66.1 Å². The van der Waals surface area contributed by atoms with Crippen LogP contribution in [0.2, 0.25) is 0 Å². The van der Waals surface area contributed by atoms with E-state index in [0.717, 1.165) is 33.3 Å². The first-order chi connectivity index (χ1) is 16.1. The summed E-state index contributed by atoms with van der Waals surface area (Å²) in [5.41, 5.74) is -1.03. The molecular weight excluding hydrogens is 471 g/mol. The van der Waals surface area contributed by atoms with Crippen LogP contribution in [0.15, 0.2) is 65.6 Å². The molecule has 1 aliphatic heterocycles. The highest BCUT2D eigenvalue weighted by atomic mass is 32.2. The molecule has 1 fully saturated rings. The topological polar surface area (TPSA) is 72.9 Å². The molecule has 0 atom stereocenters. The van der Waals surface area contributed by atoms with E-state index >= 15 is 0 Å². The normalized spacial score (nSPS) is 15.9. The smallest absolute Gasteiger partial charge is 0.416 e. The Balaban J connectivity index is 1.41. The number of piperidine rings is 1. The number of sulfonamides is 1. The first-order valence-electron chi connectivity index (χ1n) is 10.5. The number of halogens is 3. The van der Waals surface area contributed by atoms with Crippen molar-refractivity contribution in [2.24, 2.45) is 5.92 Å². The summed E-state index contributed by atoms with van der Waals surface area (Å²) < 4.78 is 76.5. The number of fused-ring (bicyclic) bond motifs is 1. The first-order valence-corrected chi connectivity index (χ1v) is 12.0. The van der Waals surface area contributed by atoms with Crippen LogP contribution in [0.1, 0.15) is 18.4 Å². The van der Waals surface area contributed by atoms with Gasteiger partial charge in [0, 0.05) is 13.1 Å². The lowest BCUT2D eigenvalue weighted by Crippen LogP contribution is -2.41. The van der Waals surface area contributed by atoms with Gasteiger partial charge >= 0.3 is 12.1 Å². The molecular formula is C24H22F3NO5S. The Morgan fingerprint density at radius 2 is 1.59 bits per heavy atom. The van der Waals surface area contributed by atoms with Crippen LogP contribution in [0.4, 0.5) is 13.2 Å². The summed E-state index contributed by atoms with van der Waals surface area (Å²) in [7, 11) is -2.55. The molecule has 1 heterocycles. The first kappa shape index (κ1) is 24.0. The Kier molecular flexibility index (Phi) is 6.55. The van der Waals surface area contributed by atoms with Gasteiger partial charge in [0.05, 0.1) is 23.5 Å². The minimum atomic E-state index is -4.64. The minimum absolute atomic E-state index is 0.00721. The third kappa shape index (κ3) is 5.02. The summed E-state index contributed by atoms with van der Waals surface area (Å²) in [6, 6.07) is 14.4. The number of nitrogens with zero attached hydrogens (tertiary/aromatic N) is 1. The zero-order valence-electron chi connectivity index (χ0n) is 18.2. The molecule has 0 spiro atoms. The molecule has 3 aromatic carbocycles. The van der Waals surface area contributed by atoms with Gasteiger partial charge in [-0.15, -0.1) is 0 Å². The summed E-state index contributed by atoms with van der Waals surface area (Å²) >= 11 is 0. The van der Waals surface area contributed by atoms with Crippen molar-refractivity contribution in [3.63, 3.8) is 0 Å².